The third kappa shape index (κ3) is 4.60. The van der Waals surface area contributed by atoms with Gasteiger partial charge in [-0.15, -0.1) is 0 Å². The number of rotatable bonds is 6. The van der Waals surface area contributed by atoms with Gasteiger partial charge >= 0.3 is 0 Å². The van der Waals surface area contributed by atoms with Crippen LogP contribution in [0.1, 0.15) is 25.7 Å². The number of para-hydroxylation sites is 1. The average Bonchev–Trinajstić information content (AvgIpc) is 3.16. The molecule has 1 aliphatic carbocycles. The molecule has 6 nitrogen and oxygen atoms in total. The lowest BCUT2D eigenvalue weighted by Gasteiger charge is -2.31. The predicted octanol–water partition coefficient (Wildman–Crippen LogP) is 2.35. The van der Waals surface area contributed by atoms with Crippen molar-refractivity contribution in [1.29, 1.82) is 5.41 Å². The highest BCUT2D eigenvalue weighted by Crippen LogP contribution is 2.25. The molecule has 3 rings (SSSR count). The van der Waals surface area contributed by atoms with Crippen LogP contribution in [0.15, 0.2) is 41.8 Å². The summed E-state index contributed by atoms with van der Waals surface area (Å²) in [4.78, 5) is 15.0. The number of hydrogen-bond donors (Lipinski definition) is 3. The molecule has 25 heavy (non-hydrogen) atoms. The molecule has 2 fully saturated rings. The second kappa shape index (κ2) is 8.67. The Hall–Kier alpha value is -2.34. The lowest BCUT2D eigenvalue weighted by atomic mass is 10.2. The molecule has 1 saturated heterocycles. The number of benzene rings is 1. The third-order valence-electron chi connectivity index (χ3n) is 4.65. The van der Waals surface area contributed by atoms with Gasteiger partial charge in [0.2, 0.25) is 5.76 Å². The maximum atomic E-state index is 12.9. The summed E-state index contributed by atoms with van der Waals surface area (Å²) in [7, 11) is 0. The molecule has 0 spiro atoms. The van der Waals surface area contributed by atoms with Gasteiger partial charge < -0.3 is 25.7 Å². The molecule has 6 heteroatoms. The standard InChI is InChI=1S/C19H26N4O2/c20-14-17(23-12-10-21-11-13-23)18(25-16-8-4-5-9-16)19(24)22-15-6-2-1-3-7-15/h1-3,6-7,14,16,20-21H,4-5,8-13H2,(H,22,24)/b18-17-,20-14?. The SMILES string of the molecule is N=C/C(=C(/OC1CCCC1)C(=O)Nc1ccccc1)N1CCNCC1. The van der Waals surface area contributed by atoms with Crippen molar-refractivity contribution in [3.05, 3.63) is 41.8 Å². The normalized spacial score (nSPS) is 19.3. The quantitative estimate of drug-likeness (QED) is 0.421. The number of hydrogen-bond acceptors (Lipinski definition) is 5. The van der Waals surface area contributed by atoms with Crippen LogP contribution in [0.5, 0.6) is 0 Å². The van der Waals surface area contributed by atoms with E-state index in [0.29, 0.717) is 5.70 Å². The van der Waals surface area contributed by atoms with E-state index in [9.17, 15) is 4.79 Å². The Morgan fingerprint density at radius 3 is 2.52 bits per heavy atom. The molecular formula is C19H26N4O2. The molecule has 0 aromatic heterocycles. The van der Waals surface area contributed by atoms with Gasteiger partial charge in [-0.05, 0) is 37.8 Å². The maximum absolute atomic E-state index is 12.9. The van der Waals surface area contributed by atoms with E-state index in [4.69, 9.17) is 10.1 Å². The fourth-order valence-electron chi connectivity index (χ4n) is 3.32. The number of carbonyl (C=O) groups excluding carboxylic acids is 1. The highest BCUT2D eigenvalue weighted by molar-refractivity contribution is 6.05. The summed E-state index contributed by atoms with van der Waals surface area (Å²) in [6.45, 7) is 3.21. The Labute approximate surface area is 148 Å². The Morgan fingerprint density at radius 1 is 1.20 bits per heavy atom. The van der Waals surface area contributed by atoms with Gasteiger partial charge in [0, 0.05) is 38.1 Å². The van der Waals surface area contributed by atoms with E-state index in [-0.39, 0.29) is 17.8 Å². The lowest BCUT2D eigenvalue weighted by molar-refractivity contribution is -0.117. The highest BCUT2D eigenvalue weighted by Gasteiger charge is 2.26. The molecular weight excluding hydrogens is 316 g/mol. The number of anilines is 1. The third-order valence-corrected chi connectivity index (χ3v) is 4.65. The molecule has 134 valence electrons. The first-order chi connectivity index (χ1) is 12.3. The topological polar surface area (TPSA) is 77.5 Å². The van der Waals surface area contributed by atoms with E-state index in [1.165, 1.54) is 6.21 Å². The van der Waals surface area contributed by atoms with E-state index in [2.05, 4.69) is 15.5 Å². The van der Waals surface area contributed by atoms with Gasteiger partial charge in [-0.1, -0.05) is 18.2 Å². The van der Waals surface area contributed by atoms with Crippen LogP contribution in [-0.4, -0.2) is 49.3 Å². The van der Waals surface area contributed by atoms with Crippen LogP contribution in [0.4, 0.5) is 5.69 Å². The first kappa shape index (κ1) is 17.5. The Morgan fingerprint density at radius 2 is 1.88 bits per heavy atom. The molecule has 0 bridgehead atoms. The summed E-state index contributed by atoms with van der Waals surface area (Å²) in [5.41, 5.74) is 1.30. The first-order valence-electron chi connectivity index (χ1n) is 9.01. The van der Waals surface area contributed by atoms with Crippen LogP contribution in [0.25, 0.3) is 0 Å². The first-order valence-corrected chi connectivity index (χ1v) is 9.01. The molecule has 3 N–H and O–H groups in total. The predicted molar refractivity (Wildman–Crippen MR) is 98.7 cm³/mol. The second-order valence-electron chi connectivity index (χ2n) is 6.44. The number of nitrogens with zero attached hydrogens (tertiary/aromatic N) is 1. The Balaban J connectivity index is 1.85. The van der Waals surface area contributed by atoms with Gasteiger partial charge in [0.15, 0.2) is 0 Å². The molecule has 1 aromatic carbocycles. The van der Waals surface area contributed by atoms with Crippen LogP contribution in [0, 0.1) is 5.41 Å². The number of carbonyl (C=O) groups is 1. The zero-order chi connectivity index (χ0) is 17.5. The average molecular weight is 342 g/mol. The van der Waals surface area contributed by atoms with E-state index in [1.807, 2.05) is 30.3 Å². The van der Waals surface area contributed by atoms with Gasteiger partial charge in [0.1, 0.15) is 5.70 Å². The van der Waals surface area contributed by atoms with Crippen LogP contribution in [-0.2, 0) is 9.53 Å². The zero-order valence-electron chi connectivity index (χ0n) is 14.5. The molecule has 1 aliphatic heterocycles. The Kier molecular flexibility index (Phi) is 6.06. The van der Waals surface area contributed by atoms with Gasteiger partial charge in [-0.25, -0.2) is 0 Å². The summed E-state index contributed by atoms with van der Waals surface area (Å²) in [6, 6.07) is 9.36. The minimum absolute atomic E-state index is 0.0642. The summed E-state index contributed by atoms with van der Waals surface area (Å²) >= 11 is 0. The molecule has 0 radical (unpaired) electrons. The summed E-state index contributed by atoms with van der Waals surface area (Å²) in [5.74, 6) is -0.0113. The van der Waals surface area contributed by atoms with E-state index in [0.717, 1.165) is 57.5 Å². The number of amides is 1. The Bertz CT molecular complexity index is 618. The summed E-state index contributed by atoms with van der Waals surface area (Å²) < 4.78 is 6.11. The van der Waals surface area contributed by atoms with Crippen molar-refractivity contribution in [1.82, 2.24) is 10.2 Å². The van der Waals surface area contributed by atoms with Gasteiger partial charge in [-0.2, -0.15) is 0 Å². The minimum atomic E-state index is -0.282. The largest absolute Gasteiger partial charge is 0.483 e. The molecule has 1 saturated carbocycles. The zero-order valence-corrected chi connectivity index (χ0v) is 14.5. The van der Waals surface area contributed by atoms with Crippen molar-refractivity contribution in [2.45, 2.75) is 31.8 Å². The summed E-state index contributed by atoms with van der Waals surface area (Å²) in [6.07, 6.45) is 5.51. The number of allylic oxidation sites excluding steroid dienone is 1. The number of nitrogens with one attached hydrogen (secondary N) is 3. The second-order valence-corrected chi connectivity index (χ2v) is 6.44. The van der Waals surface area contributed by atoms with Crippen molar-refractivity contribution in [3.63, 3.8) is 0 Å². The number of piperazine rings is 1. The van der Waals surface area contributed by atoms with Crippen molar-refractivity contribution in [2.75, 3.05) is 31.5 Å². The lowest BCUT2D eigenvalue weighted by Crippen LogP contribution is -2.44. The fraction of sp³-hybridized carbons (Fsp3) is 0.474. The van der Waals surface area contributed by atoms with Crippen LogP contribution < -0.4 is 10.6 Å². The number of ether oxygens (including phenoxy) is 1. The van der Waals surface area contributed by atoms with Crippen LogP contribution in [0.2, 0.25) is 0 Å². The minimum Gasteiger partial charge on any atom is -0.483 e. The monoisotopic (exact) mass is 342 g/mol. The van der Waals surface area contributed by atoms with E-state index < -0.39 is 0 Å². The van der Waals surface area contributed by atoms with Gasteiger partial charge in [0.25, 0.3) is 5.91 Å². The smallest absolute Gasteiger partial charge is 0.293 e. The van der Waals surface area contributed by atoms with Crippen molar-refractivity contribution in [2.24, 2.45) is 0 Å². The molecule has 0 unspecified atom stereocenters. The molecule has 0 atom stereocenters. The molecule has 1 aromatic rings. The van der Waals surface area contributed by atoms with E-state index in [1.54, 1.807) is 0 Å². The van der Waals surface area contributed by atoms with Gasteiger partial charge in [0.05, 0.1) is 6.10 Å². The van der Waals surface area contributed by atoms with Crippen LogP contribution >= 0.6 is 0 Å². The molecule has 1 amide bonds. The van der Waals surface area contributed by atoms with Crippen molar-refractivity contribution >= 4 is 17.8 Å². The fourth-order valence-corrected chi connectivity index (χ4v) is 3.32. The van der Waals surface area contributed by atoms with Crippen molar-refractivity contribution < 1.29 is 9.53 Å². The van der Waals surface area contributed by atoms with E-state index >= 15 is 0 Å². The summed E-state index contributed by atoms with van der Waals surface area (Å²) in [5, 5.41) is 14.1. The van der Waals surface area contributed by atoms with Crippen LogP contribution in [0.3, 0.4) is 0 Å². The van der Waals surface area contributed by atoms with Gasteiger partial charge in [-0.3, -0.25) is 4.79 Å². The maximum Gasteiger partial charge on any atom is 0.293 e. The van der Waals surface area contributed by atoms with Crippen molar-refractivity contribution in [3.8, 4) is 0 Å². The highest BCUT2D eigenvalue weighted by atomic mass is 16.5. The molecule has 2 aliphatic rings. The molecule has 1 heterocycles.